The van der Waals surface area contributed by atoms with Gasteiger partial charge in [-0.2, -0.15) is 0 Å². The minimum atomic E-state index is 0.661. The van der Waals surface area contributed by atoms with E-state index in [9.17, 15) is 0 Å². The molecule has 0 aliphatic carbocycles. The van der Waals surface area contributed by atoms with Gasteiger partial charge in [0.1, 0.15) is 0 Å². The van der Waals surface area contributed by atoms with Crippen LogP contribution in [0.4, 0.5) is 0 Å². The van der Waals surface area contributed by atoms with Crippen LogP contribution in [0.3, 0.4) is 0 Å². The molecule has 1 atom stereocenters. The van der Waals surface area contributed by atoms with Gasteiger partial charge in [-0.15, -0.1) is 0 Å². The van der Waals surface area contributed by atoms with Crippen molar-refractivity contribution in [3.8, 4) is 0 Å². The van der Waals surface area contributed by atoms with Gasteiger partial charge in [0.25, 0.3) is 0 Å². The highest BCUT2D eigenvalue weighted by atomic mass is 14.7. The van der Waals surface area contributed by atoms with Crippen LogP contribution >= 0.6 is 0 Å². The average molecular weight is 231 g/mol. The highest BCUT2D eigenvalue weighted by molar-refractivity contribution is 5.74. The van der Waals surface area contributed by atoms with E-state index in [1.165, 1.54) is 12.0 Å². The molecule has 0 aromatic heterocycles. The minimum absolute atomic E-state index is 0.661. The quantitative estimate of drug-likeness (QED) is 0.423. The van der Waals surface area contributed by atoms with Crippen LogP contribution in [0.25, 0.3) is 0 Å². The van der Waals surface area contributed by atoms with E-state index >= 15 is 0 Å². The number of nitrogens with zero attached hydrogens (tertiary/aromatic N) is 1. The van der Waals surface area contributed by atoms with Gasteiger partial charge in [0.2, 0.25) is 0 Å². The molecular formula is C16H25N. The van der Waals surface area contributed by atoms with Crippen molar-refractivity contribution in [3.05, 3.63) is 48.6 Å². The average Bonchev–Trinajstić information content (AvgIpc) is 2.35. The number of rotatable bonds is 8. The first-order chi connectivity index (χ1) is 8.15. The maximum atomic E-state index is 4.41. The molecule has 1 heteroatoms. The van der Waals surface area contributed by atoms with Gasteiger partial charge in [-0.3, -0.25) is 4.99 Å². The van der Waals surface area contributed by atoms with E-state index in [1.807, 2.05) is 18.4 Å². The van der Waals surface area contributed by atoms with E-state index in [1.54, 1.807) is 6.08 Å². The molecule has 1 unspecified atom stereocenters. The van der Waals surface area contributed by atoms with E-state index in [4.69, 9.17) is 0 Å². The summed E-state index contributed by atoms with van der Waals surface area (Å²) in [5.74, 6) is 0.661. The van der Waals surface area contributed by atoms with Gasteiger partial charge in [0.05, 0.1) is 0 Å². The Morgan fingerprint density at radius 2 is 2.06 bits per heavy atom. The molecule has 0 fully saturated rings. The summed E-state index contributed by atoms with van der Waals surface area (Å²) < 4.78 is 0. The molecule has 0 heterocycles. The van der Waals surface area contributed by atoms with E-state index in [-0.39, 0.29) is 0 Å². The molecule has 0 rings (SSSR count). The van der Waals surface area contributed by atoms with Crippen molar-refractivity contribution in [2.24, 2.45) is 10.9 Å². The van der Waals surface area contributed by atoms with Crippen molar-refractivity contribution in [1.82, 2.24) is 0 Å². The molecule has 0 aliphatic heterocycles. The highest BCUT2D eigenvalue weighted by Crippen LogP contribution is 2.12. The zero-order valence-corrected chi connectivity index (χ0v) is 11.4. The van der Waals surface area contributed by atoms with Crippen LogP contribution in [0.2, 0.25) is 0 Å². The topological polar surface area (TPSA) is 12.4 Å². The lowest BCUT2D eigenvalue weighted by Gasteiger charge is -2.03. The van der Waals surface area contributed by atoms with E-state index in [2.05, 4.69) is 45.0 Å². The third kappa shape index (κ3) is 7.51. The Morgan fingerprint density at radius 1 is 1.35 bits per heavy atom. The molecule has 0 aromatic rings. The first kappa shape index (κ1) is 15.6. The molecule has 0 aliphatic rings. The Bertz CT molecular complexity index is 318. The third-order valence-corrected chi connectivity index (χ3v) is 2.72. The zero-order chi connectivity index (χ0) is 13.1. The Labute approximate surface area is 106 Å². The van der Waals surface area contributed by atoms with Crippen LogP contribution in [0, 0.1) is 5.92 Å². The van der Waals surface area contributed by atoms with Crippen LogP contribution in [-0.2, 0) is 0 Å². The summed E-state index contributed by atoms with van der Waals surface area (Å²) in [6.45, 7) is 15.1. The molecular weight excluding hydrogens is 206 g/mol. The lowest BCUT2D eigenvalue weighted by molar-refractivity contribution is 0.578. The van der Waals surface area contributed by atoms with Gasteiger partial charge >= 0.3 is 0 Å². The SMILES string of the molecule is C=C/C=C\C(=C)/C(=C/C=NCC(C)CC)CC. The molecule has 94 valence electrons. The van der Waals surface area contributed by atoms with Gasteiger partial charge in [-0.05, 0) is 29.6 Å². The fraction of sp³-hybridized carbons (Fsp3) is 0.438. The Morgan fingerprint density at radius 3 is 2.59 bits per heavy atom. The molecule has 0 N–H and O–H groups in total. The number of hydrogen-bond acceptors (Lipinski definition) is 1. The van der Waals surface area contributed by atoms with Gasteiger partial charge in [0.15, 0.2) is 0 Å². The molecule has 0 radical (unpaired) electrons. The lowest BCUT2D eigenvalue weighted by Crippen LogP contribution is -1.96. The fourth-order valence-corrected chi connectivity index (χ4v) is 1.26. The minimum Gasteiger partial charge on any atom is -0.293 e. The van der Waals surface area contributed by atoms with E-state index < -0.39 is 0 Å². The van der Waals surface area contributed by atoms with Crippen LogP contribution in [0.15, 0.2) is 53.6 Å². The summed E-state index contributed by atoms with van der Waals surface area (Å²) in [7, 11) is 0. The lowest BCUT2D eigenvalue weighted by atomic mass is 10.0. The van der Waals surface area contributed by atoms with Gasteiger partial charge in [0, 0.05) is 12.8 Å². The monoisotopic (exact) mass is 231 g/mol. The molecule has 0 spiro atoms. The predicted molar refractivity (Wildman–Crippen MR) is 79.7 cm³/mol. The summed E-state index contributed by atoms with van der Waals surface area (Å²) in [5.41, 5.74) is 2.25. The Balaban J connectivity index is 4.40. The molecule has 0 saturated carbocycles. The Hall–Kier alpha value is -1.37. The molecule has 0 saturated heterocycles. The first-order valence-corrected chi connectivity index (χ1v) is 6.33. The van der Waals surface area contributed by atoms with Crippen LogP contribution in [0.5, 0.6) is 0 Å². The largest absolute Gasteiger partial charge is 0.293 e. The number of hydrogen-bond donors (Lipinski definition) is 0. The van der Waals surface area contributed by atoms with Crippen molar-refractivity contribution < 1.29 is 0 Å². The summed E-state index contributed by atoms with van der Waals surface area (Å²) >= 11 is 0. The van der Waals surface area contributed by atoms with Crippen molar-refractivity contribution in [1.29, 1.82) is 0 Å². The molecule has 0 amide bonds. The second-order valence-corrected chi connectivity index (χ2v) is 4.19. The van der Waals surface area contributed by atoms with Crippen molar-refractivity contribution in [3.63, 3.8) is 0 Å². The summed E-state index contributed by atoms with van der Waals surface area (Å²) in [6.07, 6.45) is 11.7. The summed E-state index contributed by atoms with van der Waals surface area (Å²) in [6, 6.07) is 0. The van der Waals surface area contributed by atoms with Gasteiger partial charge in [-0.25, -0.2) is 0 Å². The second kappa shape index (κ2) is 9.83. The number of aliphatic imine (C=N–C) groups is 1. The van der Waals surface area contributed by atoms with Crippen molar-refractivity contribution in [2.45, 2.75) is 33.6 Å². The fourth-order valence-electron chi connectivity index (χ4n) is 1.26. The van der Waals surface area contributed by atoms with Crippen molar-refractivity contribution >= 4 is 6.21 Å². The van der Waals surface area contributed by atoms with E-state index in [0.29, 0.717) is 5.92 Å². The summed E-state index contributed by atoms with van der Waals surface area (Å²) in [4.78, 5) is 4.41. The highest BCUT2D eigenvalue weighted by Gasteiger charge is 1.96. The van der Waals surface area contributed by atoms with E-state index in [0.717, 1.165) is 18.5 Å². The zero-order valence-electron chi connectivity index (χ0n) is 11.4. The smallest absolute Gasteiger partial charge is 0.0414 e. The van der Waals surface area contributed by atoms with Gasteiger partial charge in [-0.1, -0.05) is 58.6 Å². The molecule has 1 nitrogen and oxygen atoms in total. The third-order valence-electron chi connectivity index (χ3n) is 2.72. The van der Waals surface area contributed by atoms with Crippen LogP contribution in [-0.4, -0.2) is 12.8 Å². The maximum Gasteiger partial charge on any atom is 0.0414 e. The molecule has 0 bridgehead atoms. The van der Waals surface area contributed by atoms with Crippen molar-refractivity contribution in [2.75, 3.05) is 6.54 Å². The predicted octanol–water partition coefficient (Wildman–Crippen LogP) is 4.74. The standard InChI is InChI=1S/C16H25N/c1-6-9-10-15(5)16(8-3)11-12-17-13-14(4)7-2/h6,9-12,14H,1,5,7-8,13H2,2-4H3/b10-9-,16-11+,17-12?. The second-order valence-electron chi connectivity index (χ2n) is 4.19. The molecule has 17 heavy (non-hydrogen) atoms. The van der Waals surface area contributed by atoms with Gasteiger partial charge < -0.3 is 0 Å². The normalized spacial score (nSPS) is 14.4. The summed E-state index contributed by atoms with van der Waals surface area (Å²) in [5, 5.41) is 0. The van der Waals surface area contributed by atoms with Crippen LogP contribution < -0.4 is 0 Å². The number of allylic oxidation sites excluding steroid dienone is 6. The van der Waals surface area contributed by atoms with Crippen LogP contribution in [0.1, 0.15) is 33.6 Å². The first-order valence-electron chi connectivity index (χ1n) is 6.33. The maximum absolute atomic E-state index is 4.41. The molecule has 0 aromatic carbocycles. The Kier molecular flexibility index (Phi) is 9.04.